The van der Waals surface area contributed by atoms with Gasteiger partial charge in [0.25, 0.3) is 23.6 Å². The van der Waals surface area contributed by atoms with Gasteiger partial charge in [-0.1, -0.05) is 171 Å². The third-order valence-corrected chi connectivity index (χ3v) is 15.5. The third-order valence-electron chi connectivity index (χ3n) is 14.6. The number of esters is 1. The van der Waals surface area contributed by atoms with Gasteiger partial charge in [0.1, 0.15) is 29.7 Å². The first-order chi connectivity index (χ1) is 41.6. The van der Waals surface area contributed by atoms with E-state index < -0.39 is 23.8 Å². The zero-order valence-corrected chi connectivity index (χ0v) is 50.4. The molecule has 7 N–H and O–H groups in total. The summed E-state index contributed by atoms with van der Waals surface area (Å²) in [5.41, 5.74) is 4.86. The Morgan fingerprint density at radius 2 is 0.966 bits per heavy atom. The highest BCUT2D eigenvalue weighted by Crippen LogP contribution is 2.30. The summed E-state index contributed by atoms with van der Waals surface area (Å²) in [6.45, 7) is 14.8. The van der Waals surface area contributed by atoms with Crippen LogP contribution in [0.4, 0.5) is 0 Å². The third kappa shape index (κ3) is 15.5. The Kier molecular flexibility index (Phi) is 20.6. The number of ketones is 1. The normalized spacial score (nSPS) is 16.3. The fourth-order valence-electron chi connectivity index (χ4n) is 9.52. The molecule has 4 heterocycles. The van der Waals surface area contributed by atoms with Crippen molar-refractivity contribution in [2.24, 2.45) is 23.7 Å². The maximum atomic E-state index is 12.1. The fraction of sp³-hybridized carbons (Fsp3) is 0.265. The molecule has 6 aromatic carbocycles. The molecule has 448 valence electrons. The quantitative estimate of drug-likeness (QED) is 0.0424. The number of nitrogens with one attached hydrogen (secondary N) is 7. The van der Waals surface area contributed by atoms with Crippen LogP contribution in [0, 0.1) is 23.7 Å². The van der Waals surface area contributed by atoms with Gasteiger partial charge in [0.15, 0.2) is 5.78 Å². The molecule has 3 aliphatic heterocycles. The molecule has 7 aromatic rings. The van der Waals surface area contributed by atoms with Gasteiger partial charge in [-0.3, -0.25) is 48.5 Å². The molecule has 8 amide bonds. The molecule has 4 aliphatic rings. The average Bonchev–Trinajstić information content (AvgIpc) is 2.10. The molecule has 1 fully saturated rings. The van der Waals surface area contributed by atoms with Crippen molar-refractivity contribution in [3.8, 4) is 0 Å². The van der Waals surface area contributed by atoms with E-state index in [4.69, 9.17) is 4.74 Å². The Morgan fingerprint density at radius 1 is 0.494 bits per heavy atom. The van der Waals surface area contributed by atoms with Crippen molar-refractivity contribution in [1.82, 2.24) is 37.2 Å². The van der Waals surface area contributed by atoms with E-state index in [1.807, 2.05) is 127 Å². The van der Waals surface area contributed by atoms with Crippen molar-refractivity contribution >= 4 is 119 Å². The van der Waals surface area contributed by atoms with Crippen molar-refractivity contribution in [2.75, 3.05) is 13.2 Å². The summed E-state index contributed by atoms with van der Waals surface area (Å²) in [5.74, 6) is -3.62. The number of rotatable bonds is 13. The van der Waals surface area contributed by atoms with Crippen LogP contribution in [0.5, 0.6) is 0 Å². The molecule has 1 aromatic heterocycles. The minimum Gasteiger partial charge on any atom is -0.456 e. The molecule has 0 saturated heterocycles. The lowest BCUT2D eigenvalue weighted by Gasteiger charge is -2.21. The summed E-state index contributed by atoms with van der Waals surface area (Å²) in [4.78, 5) is 120. The van der Waals surface area contributed by atoms with Crippen LogP contribution in [0.3, 0.4) is 0 Å². The Morgan fingerprint density at radius 3 is 1.47 bits per heavy atom. The Hall–Kier alpha value is -9.88. The molecule has 0 bridgehead atoms. The van der Waals surface area contributed by atoms with Gasteiger partial charge in [0, 0.05) is 47.8 Å². The Bertz CT molecular complexity index is 3830. The SMILES string of the molecule is CC(C)C(=O)NC1=C(c2ccc3ccccc3c2)C(=O)NC1=O.CC(C)C(=O)NC1=C(c2ccc3ccccc3c2)CNC1=O.CC(C)C(=O)NC1=C(c2ccc3ccccc3c2)COC1=O.CC(C)C(=O)N[C@@H]1C(=O)CCC1NC(=O)c1cccs1. The van der Waals surface area contributed by atoms with Gasteiger partial charge in [-0.2, -0.15) is 0 Å². The lowest BCUT2D eigenvalue weighted by atomic mass is 10.0. The maximum Gasteiger partial charge on any atom is 0.355 e. The molecule has 1 aliphatic carbocycles. The van der Waals surface area contributed by atoms with Crippen molar-refractivity contribution in [1.29, 1.82) is 0 Å². The average molecular weight is 1190 g/mol. The summed E-state index contributed by atoms with van der Waals surface area (Å²) in [5, 5.41) is 26.9. The van der Waals surface area contributed by atoms with Crippen LogP contribution in [0.2, 0.25) is 0 Å². The molecule has 2 atom stereocenters. The van der Waals surface area contributed by atoms with Gasteiger partial charge in [-0.05, 0) is 85.1 Å². The Balaban J connectivity index is 0.000000151. The predicted octanol–water partition coefficient (Wildman–Crippen LogP) is 8.66. The van der Waals surface area contributed by atoms with Crippen molar-refractivity contribution in [2.45, 2.75) is 80.3 Å². The number of carbonyl (C=O) groups excluding carboxylic acids is 10. The number of hydrogen-bond acceptors (Lipinski definition) is 12. The molecule has 0 radical (unpaired) electrons. The summed E-state index contributed by atoms with van der Waals surface area (Å²) < 4.78 is 5.10. The van der Waals surface area contributed by atoms with Crippen LogP contribution in [-0.4, -0.2) is 84.2 Å². The van der Waals surface area contributed by atoms with E-state index in [0.717, 1.165) is 54.6 Å². The summed E-state index contributed by atoms with van der Waals surface area (Å²) in [7, 11) is 0. The zero-order chi connectivity index (χ0) is 62.6. The standard InChI is InChI=1S/C18H16N2O3.C18H18N2O2.C18H17NO3.C14H18N2O3S/c1-10(2)16(21)19-15-14(17(22)20-18(15)23)13-8-7-11-5-3-4-6-12(11)9-13;1-11(2)17(21)20-16-15(10-19-18(16)22)14-8-7-12-5-3-4-6-13(12)9-14;1-11(2)17(20)19-16-15(10-22-18(16)21)14-8-7-12-5-3-4-6-13(12)9-14;1-8(2)13(18)16-12-9(5-6-10(12)17)15-14(19)11-4-3-7-20-11/h3-10H,1-2H3,(H2,19,20,21,22,23);3-9,11H,10H2,1-2H3,(H,19,22)(H,20,21);3-9,11H,10H2,1-2H3,(H,19,20);3-4,7-9,12H,5-6H2,1-2H3,(H,15,19)(H,16,18)/t;;;9?,12-/m...0/s1. The lowest BCUT2D eigenvalue weighted by molar-refractivity contribution is -0.137. The number of Topliss-reactive ketones (excluding diaryl/α,β-unsaturated/α-hetero) is 1. The monoisotopic (exact) mass is 1190 g/mol. The van der Waals surface area contributed by atoms with E-state index in [9.17, 15) is 47.9 Å². The lowest BCUT2D eigenvalue weighted by Crippen LogP contribution is -2.52. The first kappa shape index (κ1) is 63.1. The second-order valence-electron chi connectivity index (χ2n) is 22.3. The second-order valence-corrected chi connectivity index (χ2v) is 23.3. The van der Waals surface area contributed by atoms with E-state index in [2.05, 4.69) is 37.2 Å². The number of benzene rings is 6. The largest absolute Gasteiger partial charge is 0.456 e. The van der Waals surface area contributed by atoms with Crippen molar-refractivity contribution < 1.29 is 52.7 Å². The van der Waals surface area contributed by atoms with Gasteiger partial charge in [0.05, 0.1) is 16.5 Å². The van der Waals surface area contributed by atoms with Crippen LogP contribution in [0.1, 0.15) is 94.6 Å². The predicted molar refractivity (Wildman–Crippen MR) is 335 cm³/mol. The van der Waals surface area contributed by atoms with Gasteiger partial charge >= 0.3 is 5.97 Å². The van der Waals surface area contributed by atoms with Crippen LogP contribution in [0.15, 0.2) is 162 Å². The van der Waals surface area contributed by atoms with Crippen LogP contribution in [-0.2, 0) is 47.9 Å². The fourth-order valence-corrected chi connectivity index (χ4v) is 10.1. The highest BCUT2D eigenvalue weighted by Gasteiger charge is 2.38. The number of amides is 8. The highest BCUT2D eigenvalue weighted by atomic mass is 32.1. The molecule has 1 unspecified atom stereocenters. The number of imide groups is 1. The van der Waals surface area contributed by atoms with Gasteiger partial charge < -0.3 is 36.6 Å². The number of hydrogen-bond donors (Lipinski definition) is 7. The van der Waals surface area contributed by atoms with Crippen molar-refractivity contribution in [3.63, 3.8) is 0 Å². The summed E-state index contributed by atoms with van der Waals surface area (Å²) in [6.07, 6.45) is 0.956. The highest BCUT2D eigenvalue weighted by molar-refractivity contribution is 7.12. The molecule has 11 rings (SSSR count). The number of cyclic esters (lactones) is 1. The number of thiophene rings is 1. The molecular weight excluding hydrogens is 1120 g/mol. The summed E-state index contributed by atoms with van der Waals surface area (Å²) >= 11 is 1.35. The van der Waals surface area contributed by atoms with E-state index in [0.29, 0.717) is 35.5 Å². The molecule has 18 nitrogen and oxygen atoms in total. The van der Waals surface area contributed by atoms with Gasteiger partial charge in [0.2, 0.25) is 23.6 Å². The van der Waals surface area contributed by atoms with Crippen LogP contribution < -0.4 is 37.2 Å². The molecular formula is C68H69N7O11S. The van der Waals surface area contributed by atoms with E-state index in [-0.39, 0.29) is 94.5 Å². The molecule has 0 spiro atoms. The number of fused-ring (bicyclic) bond motifs is 3. The minimum absolute atomic E-state index is 0.0176. The molecule has 19 heteroatoms. The van der Waals surface area contributed by atoms with Crippen molar-refractivity contribution in [3.05, 3.63) is 184 Å². The van der Waals surface area contributed by atoms with E-state index in [1.54, 1.807) is 73.6 Å². The van der Waals surface area contributed by atoms with Gasteiger partial charge in [-0.15, -0.1) is 11.3 Å². The smallest absolute Gasteiger partial charge is 0.355 e. The zero-order valence-electron chi connectivity index (χ0n) is 49.5. The first-order valence-electron chi connectivity index (χ1n) is 28.7. The number of carbonyl (C=O) groups is 10. The second kappa shape index (κ2) is 28.3. The molecule has 87 heavy (non-hydrogen) atoms. The minimum atomic E-state index is -0.603. The topological polar surface area (TPSA) is 264 Å². The van der Waals surface area contributed by atoms with E-state index in [1.165, 1.54) is 11.3 Å². The number of ether oxygens (including phenoxy) is 1. The maximum absolute atomic E-state index is 12.1. The van der Waals surface area contributed by atoms with E-state index >= 15 is 0 Å². The Labute approximate surface area is 507 Å². The summed E-state index contributed by atoms with van der Waals surface area (Å²) in [6, 6.07) is 43.9. The van der Waals surface area contributed by atoms with Gasteiger partial charge in [-0.25, -0.2) is 4.79 Å². The molecule has 1 saturated carbocycles. The van der Waals surface area contributed by atoms with Crippen LogP contribution >= 0.6 is 11.3 Å². The van der Waals surface area contributed by atoms with Crippen LogP contribution in [0.25, 0.3) is 49.0 Å². The first-order valence-corrected chi connectivity index (χ1v) is 29.6.